The molecule has 4 nitrogen and oxygen atoms in total. The summed E-state index contributed by atoms with van der Waals surface area (Å²) < 4.78 is 0. The zero-order valence-electron chi connectivity index (χ0n) is 16.7. The van der Waals surface area contributed by atoms with Crippen molar-refractivity contribution in [1.29, 1.82) is 0 Å². The quantitative estimate of drug-likeness (QED) is 0.597. The molecule has 1 aromatic carbocycles. The third-order valence-electron chi connectivity index (χ3n) is 4.84. The summed E-state index contributed by atoms with van der Waals surface area (Å²) in [6.07, 6.45) is 3.07. The van der Waals surface area contributed by atoms with Gasteiger partial charge in [0.1, 0.15) is 11.6 Å². The van der Waals surface area contributed by atoms with Crippen LogP contribution in [0.1, 0.15) is 64.5 Å². The van der Waals surface area contributed by atoms with Crippen LogP contribution in [-0.2, 0) is 22.4 Å². The fourth-order valence-corrected chi connectivity index (χ4v) is 2.52. The van der Waals surface area contributed by atoms with E-state index in [4.69, 9.17) is 0 Å². The highest BCUT2D eigenvalue weighted by atomic mass is 16.3. The van der Waals surface area contributed by atoms with Gasteiger partial charge in [0, 0.05) is 38.9 Å². The second-order valence-electron chi connectivity index (χ2n) is 8.89. The van der Waals surface area contributed by atoms with Gasteiger partial charge in [-0.2, -0.15) is 0 Å². The molecule has 0 amide bonds. The first kappa shape index (κ1) is 22.5. The molecule has 0 heterocycles. The molecule has 0 fully saturated rings. The summed E-state index contributed by atoms with van der Waals surface area (Å²) >= 11 is 0. The van der Waals surface area contributed by atoms with Gasteiger partial charge in [-0.3, -0.25) is 9.59 Å². The number of aliphatic hydroxyl groups excluding tert-OH is 2. The number of hydrogen-bond acceptors (Lipinski definition) is 4. The van der Waals surface area contributed by atoms with E-state index in [1.807, 2.05) is 52.0 Å². The number of hydrogen-bond donors (Lipinski definition) is 2. The summed E-state index contributed by atoms with van der Waals surface area (Å²) in [6, 6.07) is 7.65. The maximum atomic E-state index is 12.1. The number of carbonyl (C=O) groups excluding carboxylic acids is 2. The van der Waals surface area contributed by atoms with Gasteiger partial charge in [-0.25, -0.2) is 0 Å². The Balaban J connectivity index is 2.45. The van der Waals surface area contributed by atoms with Crippen LogP contribution in [0.15, 0.2) is 24.3 Å². The maximum absolute atomic E-state index is 12.1. The smallest absolute Gasteiger partial charge is 0.137 e. The molecule has 1 rings (SSSR count). The van der Waals surface area contributed by atoms with E-state index in [9.17, 15) is 19.8 Å². The lowest BCUT2D eigenvalue weighted by atomic mass is 9.87. The van der Waals surface area contributed by atoms with E-state index < -0.39 is 0 Å². The molecule has 1 aromatic rings. The van der Waals surface area contributed by atoms with Gasteiger partial charge >= 0.3 is 0 Å². The van der Waals surface area contributed by atoms with Crippen molar-refractivity contribution in [2.45, 2.75) is 66.2 Å². The average Bonchev–Trinajstić information content (AvgIpc) is 2.60. The van der Waals surface area contributed by atoms with Gasteiger partial charge in [-0.05, 0) is 34.8 Å². The third-order valence-corrected chi connectivity index (χ3v) is 4.84. The van der Waals surface area contributed by atoms with Crippen LogP contribution < -0.4 is 0 Å². The first-order chi connectivity index (χ1) is 12.1. The normalized spacial score (nSPS) is 12.2. The van der Waals surface area contributed by atoms with Crippen LogP contribution in [0.3, 0.4) is 0 Å². The molecule has 0 radical (unpaired) electrons. The summed E-state index contributed by atoms with van der Waals surface area (Å²) in [5, 5.41) is 18.5. The van der Waals surface area contributed by atoms with Gasteiger partial charge in [0.05, 0.1) is 0 Å². The van der Waals surface area contributed by atoms with Gasteiger partial charge in [-0.1, -0.05) is 52.0 Å². The molecule has 26 heavy (non-hydrogen) atoms. The minimum absolute atomic E-state index is 0.0818. The highest BCUT2D eigenvalue weighted by molar-refractivity contribution is 5.82. The highest BCUT2D eigenvalue weighted by Crippen LogP contribution is 2.23. The minimum Gasteiger partial charge on any atom is -0.396 e. The molecule has 0 unspecified atom stereocenters. The van der Waals surface area contributed by atoms with Crippen LogP contribution in [0.4, 0.5) is 0 Å². The first-order valence-electron chi connectivity index (χ1n) is 9.40. The lowest BCUT2D eigenvalue weighted by Gasteiger charge is -2.20. The third kappa shape index (κ3) is 8.72. The van der Waals surface area contributed by atoms with Crippen LogP contribution >= 0.6 is 0 Å². The number of rotatable bonds is 12. The van der Waals surface area contributed by atoms with Crippen molar-refractivity contribution in [3.8, 4) is 0 Å². The lowest BCUT2D eigenvalue weighted by molar-refractivity contribution is -0.119. The van der Waals surface area contributed by atoms with Gasteiger partial charge in [0.25, 0.3) is 0 Å². The highest BCUT2D eigenvalue weighted by Gasteiger charge is 2.19. The fourth-order valence-electron chi connectivity index (χ4n) is 2.52. The van der Waals surface area contributed by atoms with Crippen molar-refractivity contribution in [3.63, 3.8) is 0 Å². The van der Waals surface area contributed by atoms with Crippen molar-refractivity contribution >= 4 is 11.6 Å². The number of Topliss-reactive ketones (excluding diaryl/α,β-unsaturated/α-hetero) is 2. The minimum atomic E-state index is -0.218. The first-order valence-corrected chi connectivity index (χ1v) is 9.40. The van der Waals surface area contributed by atoms with E-state index >= 15 is 0 Å². The van der Waals surface area contributed by atoms with Crippen molar-refractivity contribution < 1.29 is 19.8 Å². The zero-order valence-corrected chi connectivity index (χ0v) is 16.7. The van der Waals surface area contributed by atoms with E-state index in [-0.39, 0.29) is 35.6 Å². The summed E-state index contributed by atoms with van der Waals surface area (Å²) in [7, 11) is 0. The molecular weight excluding hydrogens is 328 g/mol. The van der Waals surface area contributed by atoms with E-state index in [0.717, 1.165) is 11.1 Å². The Morgan fingerprint density at radius 3 is 1.31 bits per heavy atom. The van der Waals surface area contributed by atoms with E-state index in [1.165, 1.54) is 0 Å². The fraction of sp³-hybridized carbons (Fsp3) is 0.636. The van der Waals surface area contributed by atoms with Gasteiger partial charge < -0.3 is 10.2 Å². The number of aliphatic hydroxyl groups is 2. The Morgan fingerprint density at radius 2 is 1.04 bits per heavy atom. The SMILES string of the molecule is CC(C)(CO)CCC(=O)Cc1ccc(CC(=O)CCC(C)(C)CO)cc1. The number of benzene rings is 1. The molecule has 0 saturated heterocycles. The Hall–Kier alpha value is -1.52. The van der Waals surface area contributed by atoms with Crippen molar-refractivity contribution in [2.75, 3.05) is 13.2 Å². The predicted octanol–water partition coefficient (Wildman–Crippen LogP) is 3.51. The topological polar surface area (TPSA) is 74.6 Å². The Bertz CT molecular complexity index is 532. The molecule has 0 spiro atoms. The molecule has 0 bridgehead atoms. The molecule has 0 atom stereocenters. The van der Waals surface area contributed by atoms with E-state index in [1.54, 1.807) is 0 Å². The molecule has 0 aromatic heterocycles. The Morgan fingerprint density at radius 1 is 0.731 bits per heavy atom. The Kier molecular flexibility index (Phi) is 8.65. The maximum Gasteiger partial charge on any atom is 0.137 e. The number of carbonyl (C=O) groups is 2. The van der Waals surface area contributed by atoms with Crippen molar-refractivity contribution in [1.82, 2.24) is 0 Å². The second kappa shape index (κ2) is 9.98. The molecular formula is C22H34O4. The van der Waals surface area contributed by atoms with Crippen LogP contribution in [0, 0.1) is 10.8 Å². The van der Waals surface area contributed by atoms with Crippen LogP contribution in [-0.4, -0.2) is 35.0 Å². The second-order valence-corrected chi connectivity index (χ2v) is 8.89. The van der Waals surface area contributed by atoms with Gasteiger partial charge in [0.2, 0.25) is 0 Å². The molecule has 0 saturated carbocycles. The van der Waals surface area contributed by atoms with Gasteiger partial charge in [-0.15, -0.1) is 0 Å². The van der Waals surface area contributed by atoms with Gasteiger partial charge in [0.15, 0.2) is 0 Å². The summed E-state index contributed by atoms with van der Waals surface area (Å²) in [6.45, 7) is 7.97. The number of ketones is 2. The molecule has 0 aliphatic heterocycles. The summed E-state index contributed by atoms with van der Waals surface area (Å²) in [4.78, 5) is 24.2. The molecule has 0 aliphatic rings. The lowest BCUT2D eigenvalue weighted by Crippen LogP contribution is -2.18. The largest absolute Gasteiger partial charge is 0.396 e. The van der Waals surface area contributed by atoms with Crippen LogP contribution in [0.5, 0.6) is 0 Å². The average molecular weight is 363 g/mol. The summed E-state index contributed by atoms with van der Waals surface area (Å²) in [5.41, 5.74) is 1.47. The molecule has 0 aliphatic carbocycles. The monoisotopic (exact) mass is 362 g/mol. The molecule has 146 valence electrons. The molecule has 2 N–H and O–H groups in total. The molecule has 4 heteroatoms. The van der Waals surface area contributed by atoms with Crippen LogP contribution in [0.25, 0.3) is 0 Å². The van der Waals surface area contributed by atoms with Crippen molar-refractivity contribution in [2.24, 2.45) is 10.8 Å². The predicted molar refractivity (Wildman–Crippen MR) is 104 cm³/mol. The summed E-state index contributed by atoms with van der Waals surface area (Å²) in [5.74, 6) is 0.336. The Labute approximate surface area is 157 Å². The van der Waals surface area contributed by atoms with E-state index in [0.29, 0.717) is 38.5 Å². The van der Waals surface area contributed by atoms with Crippen molar-refractivity contribution in [3.05, 3.63) is 35.4 Å². The van der Waals surface area contributed by atoms with E-state index in [2.05, 4.69) is 0 Å². The van der Waals surface area contributed by atoms with Crippen LogP contribution in [0.2, 0.25) is 0 Å². The zero-order chi connectivity index (χ0) is 19.8. The standard InChI is InChI=1S/C22H34O4/c1-21(2,15-23)11-9-19(25)13-17-5-7-18(8-6-17)14-20(26)10-12-22(3,4)16-24/h5-8,23-24H,9-16H2,1-4H3.